The Bertz CT molecular complexity index is 425. The van der Waals surface area contributed by atoms with Gasteiger partial charge in [0.1, 0.15) is 11.8 Å². The number of phenols is 1. The van der Waals surface area contributed by atoms with Crippen molar-refractivity contribution in [2.24, 2.45) is 0 Å². The monoisotopic (exact) mass is 265 g/mol. The van der Waals surface area contributed by atoms with Crippen LogP contribution in [-0.4, -0.2) is 34.2 Å². The molecule has 0 spiro atoms. The molecule has 0 fully saturated rings. The van der Waals surface area contributed by atoms with Gasteiger partial charge in [0.2, 0.25) is 0 Å². The second kappa shape index (κ2) is 7.14. The van der Waals surface area contributed by atoms with Crippen LogP contribution in [0.25, 0.3) is 0 Å². The molecule has 4 heteroatoms. The highest BCUT2D eigenvalue weighted by Crippen LogP contribution is 2.30. The quantitative estimate of drug-likeness (QED) is 0.795. The van der Waals surface area contributed by atoms with Crippen molar-refractivity contribution in [1.29, 1.82) is 0 Å². The number of rotatable bonds is 7. The van der Waals surface area contributed by atoms with Gasteiger partial charge < -0.3 is 10.2 Å². The van der Waals surface area contributed by atoms with E-state index in [2.05, 4.69) is 0 Å². The number of hydrogen-bond acceptors (Lipinski definition) is 3. The Kier molecular flexibility index (Phi) is 5.83. The van der Waals surface area contributed by atoms with E-state index in [1.807, 2.05) is 25.7 Å². The second-order valence-corrected chi connectivity index (χ2v) is 4.84. The molecule has 1 unspecified atom stereocenters. The number of carbonyl (C=O) groups is 1. The number of aromatic hydroxyl groups is 1. The van der Waals surface area contributed by atoms with E-state index in [1.165, 1.54) is 0 Å². The van der Waals surface area contributed by atoms with E-state index in [1.54, 1.807) is 18.2 Å². The van der Waals surface area contributed by atoms with Gasteiger partial charge in [0, 0.05) is 5.56 Å². The minimum absolute atomic E-state index is 0.0511. The van der Waals surface area contributed by atoms with Gasteiger partial charge in [0.05, 0.1) is 0 Å². The number of nitrogens with zero attached hydrogens (tertiary/aromatic N) is 1. The van der Waals surface area contributed by atoms with Crippen molar-refractivity contribution < 1.29 is 15.0 Å². The third kappa shape index (κ3) is 3.96. The fourth-order valence-electron chi connectivity index (χ4n) is 2.32. The Balaban J connectivity index is 3.17. The molecule has 0 heterocycles. The number of carboxylic acids is 1. The van der Waals surface area contributed by atoms with Gasteiger partial charge in [-0.1, -0.05) is 31.5 Å². The summed E-state index contributed by atoms with van der Waals surface area (Å²) in [5.74, 6) is -0.863. The van der Waals surface area contributed by atoms with Crippen molar-refractivity contribution >= 4 is 5.97 Å². The minimum Gasteiger partial charge on any atom is -0.508 e. The normalized spacial score (nSPS) is 12.6. The lowest BCUT2D eigenvalue weighted by molar-refractivity contribution is -0.143. The molecular weight excluding hydrogens is 242 g/mol. The van der Waals surface area contributed by atoms with E-state index in [0.717, 1.165) is 18.4 Å². The number of carboxylic acid groups (broad SMARTS) is 1. The molecular formula is C15H23NO3. The maximum atomic E-state index is 11.6. The van der Waals surface area contributed by atoms with Crippen LogP contribution in [0.5, 0.6) is 5.75 Å². The van der Waals surface area contributed by atoms with Crippen molar-refractivity contribution in [3.8, 4) is 5.75 Å². The molecule has 0 aliphatic carbocycles. The summed E-state index contributed by atoms with van der Waals surface area (Å²) in [6.45, 7) is 7.36. The first-order valence-electron chi connectivity index (χ1n) is 6.77. The lowest BCUT2D eigenvalue weighted by Crippen LogP contribution is -2.35. The predicted octanol–water partition coefficient (Wildman–Crippen LogP) is 2.95. The van der Waals surface area contributed by atoms with Gasteiger partial charge in [-0.2, -0.15) is 0 Å². The number of aliphatic carboxylic acids is 1. The average Bonchev–Trinajstić information content (AvgIpc) is 2.34. The molecule has 1 atom stereocenters. The Morgan fingerprint density at radius 1 is 1.26 bits per heavy atom. The summed E-state index contributed by atoms with van der Waals surface area (Å²) in [4.78, 5) is 13.5. The first kappa shape index (κ1) is 15.5. The zero-order chi connectivity index (χ0) is 14.4. The van der Waals surface area contributed by atoms with Crippen molar-refractivity contribution in [3.63, 3.8) is 0 Å². The molecule has 0 radical (unpaired) electrons. The largest absolute Gasteiger partial charge is 0.508 e. The summed E-state index contributed by atoms with van der Waals surface area (Å²) in [5.41, 5.74) is 1.43. The summed E-state index contributed by atoms with van der Waals surface area (Å²) in [7, 11) is 0. The van der Waals surface area contributed by atoms with Crippen LogP contribution in [0.2, 0.25) is 0 Å². The van der Waals surface area contributed by atoms with Gasteiger partial charge >= 0.3 is 5.97 Å². The van der Waals surface area contributed by atoms with Crippen LogP contribution in [0.4, 0.5) is 0 Å². The molecule has 0 aliphatic rings. The predicted molar refractivity (Wildman–Crippen MR) is 75.4 cm³/mol. The van der Waals surface area contributed by atoms with Crippen LogP contribution >= 0.6 is 0 Å². The second-order valence-electron chi connectivity index (χ2n) is 4.84. The van der Waals surface area contributed by atoms with E-state index in [-0.39, 0.29) is 5.75 Å². The van der Waals surface area contributed by atoms with Crippen LogP contribution in [0.1, 0.15) is 43.9 Å². The Hall–Kier alpha value is -1.55. The van der Waals surface area contributed by atoms with Crippen molar-refractivity contribution in [1.82, 2.24) is 4.90 Å². The fourth-order valence-corrected chi connectivity index (χ4v) is 2.32. The molecule has 0 amide bonds. The number of hydrogen-bond donors (Lipinski definition) is 2. The first-order chi connectivity index (χ1) is 9.01. The summed E-state index contributed by atoms with van der Waals surface area (Å²) in [6, 6.07) is 4.32. The van der Waals surface area contributed by atoms with E-state index in [4.69, 9.17) is 0 Å². The van der Waals surface area contributed by atoms with Crippen LogP contribution < -0.4 is 0 Å². The smallest absolute Gasteiger partial charge is 0.325 e. The van der Waals surface area contributed by atoms with Crippen LogP contribution in [-0.2, 0) is 4.79 Å². The van der Waals surface area contributed by atoms with E-state index in [0.29, 0.717) is 18.7 Å². The highest BCUT2D eigenvalue weighted by Gasteiger charge is 2.28. The summed E-state index contributed by atoms with van der Waals surface area (Å²) in [5, 5.41) is 19.5. The molecule has 0 saturated heterocycles. The zero-order valence-corrected chi connectivity index (χ0v) is 11.9. The topological polar surface area (TPSA) is 60.8 Å². The van der Waals surface area contributed by atoms with Crippen LogP contribution in [0, 0.1) is 6.92 Å². The van der Waals surface area contributed by atoms with E-state index in [9.17, 15) is 15.0 Å². The Labute approximate surface area is 114 Å². The lowest BCUT2D eigenvalue weighted by Gasteiger charge is -2.29. The third-order valence-corrected chi connectivity index (χ3v) is 3.10. The number of benzene rings is 1. The summed E-state index contributed by atoms with van der Waals surface area (Å²) in [6.07, 6.45) is 1.77. The zero-order valence-electron chi connectivity index (χ0n) is 11.9. The molecule has 1 aromatic rings. The van der Waals surface area contributed by atoms with Gasteiger partial charge in [-0.15, -0.1) is 0 Å². The van der Waals surface area contributed by atoms with Crippen molar-refractivity contribution in [3.05, 3.63) is 29.3 Å². The molecule has 0 aliphatic heterocycles. The number of phenolic OH excluding ortho intramolecular Hbond substituents is 1. The van der Waals surface area contributed by atoms with Crippen LogP contribution in [0.15, 0.2) is 18.2 Å². The molecule has 2 N–H and O–H groups in total. The highest BCUT2D eigenvalue weighted by molar-refractivity contribution is 5.76. The van der Waals surface area contributed by atoms with Crippen molar-refractivity contribution in [2.75, 3.05) is 13.1 Å². The molecule has 0 bridgehead atoms. The average molecular weight is 265 g/mol. The molecule has 4 nitrogen and oxygen atoms in total. The number of aryl methyl sites for hydroxylation is 1. The molecule has 0 aromatic heterocycles. The third-order valence-electron chi connectivity index (χ3n) is 3.10. The molecule has 1 aromatic carbocycles. The van der Waals surface area contributed by atoms with Gasteiger partial charge in [-0.3, -0.25) is 9.69 Å². The minimum atomic E-state index is -0.914. The molecule has 19 heavy (non-hydrogen) atoms. The standard InChI is InChI=1S/C15H23NO3/c1-4-8-16(9-5-2)14(15(18)19)12-10-11(3)6-7-13(12)17/h6-7,10,14,17H,4-5,8-9H2,1-3H3,(H,18,19). The lowest BCUT2D eigenvalue weighted by atomic mass is 10.0. The Morgan fingerprint density at radius 2 is 1.84 bits per heavy atom. The SMILES string of the molecule is CCCN(CCC)C(C(=O)O)c1cc(C)ccc1O. The molecule has 106 valence electrons. The molecule has 1 rings (SSSR count). The highest BCUT2D eigenvalue weighted by atomic mass is 16.4. The maximum absolute atomic E-state index is 11.6. The van der Waals surface area contributed by atoms with Gasteiger partial charge in [0.15, 0.2) is 0 Å². The van der Waals surface area contributed by atoms with E-state index < -0.39 is 12.0 Å². The van der Waals surface area contributed by atoms with Crippen LogP contribution in [0.3, 0.4) is 0 Å². The van der Waals surface area contributed by atoms with Gasteiger partial charge in [0.25, 0.3) is 0 Å². The maximum Gasteiger partial charge on any atom is 0.325 e. The fraction of sp³-hybridized carbons (Fsp3) is 0.533. The first-order valence-corrected chi connectivity index (χ1v) is 6.77. The summed E-state index contributed by atoms with van der Waals surface area (Å²) >= 11 is 0. The summed E-state index contributed by atoms with van der Waals surface area (Å²) < 4.78 is 0. The van der Waals surface area contributed by atoms with Gasteiger partial charge in [-0.25, -0.2) is 0 Å². The Morgan fingerprint density at radius 3 is 2.32 bits per heavy atom. The van der Waals surface area contributed by atoms with Gasteiger partial charge in [-0.05, 0) is 38.9 Å². The van der Waals surface area contributed by atoms with Crippen molar-refractivity contribution in [2.45, 2.75) is 39.7 Å². The van der Waals surface area contributed by atoms with E-state index >= 15 is 0 Å². The molecule has 0 saturated carbocycles.